The number of amides is 1. The predicted molar refractivity (Wildman–Crippen MR) is 99.4 cm³/mol. The van der Waals surface area contributed by atoms with Crippen LogP contribution in [0.25, 0.3) is 0 Å². The number of halogens is 1. The van der Waals surface area contributed by atoms with Gasteiger partial charge in [0.15, 0.2) is 0 Å². The average molecular weight is 399 g/mol. The molecule has 26 heavy (non-hydrogen) atoms. The number of rotatable bonds is 8. The van der Waals surface area contributed by atoms with Gasteiger partial charge in [-0.25, -0.2) is 13.1 Å². The molecule has 140 valence electrons. The van der Waals surface area contributed by atoms with Crippen molar-refractivity contribution in [1.29, 1.82) is 0 Å². The summed E-state index contributed by atoms with van der Waals surface area (Å²) in [7, 11) is -2.62. The summed E-state index contributed by atoms with van der Waals surface area (Å²) < 4.78 is 37.3. The van der Waals surface area contributed by atoms with E-state index in [0.717, 1.165) is 0 Å². The maximum absolute atomic E-state index is 12.4. The van der Waals surface area contributed by atoms with Gasteiger partial charge in [-0.3, -0.25) is 4.79 Å². The molecule has 0 bridgehead atoms. The summed E-state index contributed by atoms with van der Waals surface area (Å²) in [5.74, 6) is 0.298. The van der Waals surface area contributed by atoms with Gasteiger partial charge in [0.1, 0.15) is 16.4 Å². The van der Waals surface area contributed by atoms with Crippen LogP contribution in [-0.2, 0) is 14.8 Å². The van der Waals surface area contributed by atoms with Gasteiger partial charge in [-0.1, -0.05) is 11.6 Å². The van der Waals surface area contributed by atoms with Crippen LogP contribution in [0.4, 0.5) is 5.69 Å². The van der Waals surface area contributed by atoms with E-state index in [1.807, 2.05) is 6.92 Å². The highest BCUT2D eigenvalue weighted by Crippen LogP contribution is 2.26. The number of hydrogen-bond acceptors (Lipinski definition) is 5. The number of hydrogen-bond donors (Lipinski definition) is 2. The third-order valence-electron chi connectivity index (χ3n) is 3.29. The molecule has 0 saturated heterocycles. The number of carbonyl (C=O) groups is 1. The van der Waals surface area contributed by atoms with Gasteiger partial charge in [0.05, 0.1) is 20.3 Å². The summed E-state index contributed by atoms with van der Waals surface area (Å²) >= 11 is 5.85. The predicted octanol–water partition coefficient (Wildman–Crippen LogP) is 2.66. The smallest absolute Gasteiger partial charge is 0.244 e. The first-order chi connectivity index (χ1) is 12.4. The zero-order valence-electron chi connectivity index (χ0n) is 14.3. The Bertz CT molecular complexity index is 869. The molecule has 7 nitrogen and oxygen atoms in total. The monoisotopic (exact) mass is 398 g/mol. The van der Waals surface area contributed by atoms with Gasteiger partial charge in [-0.2, -0.15) is 0 Å². The zero-order chi connectivity index (χ0) is 19.2. The molecule has 1 amide bonds. The quantitative estimate of drug-likeness (QED) is 0.713. The number of sulfonamides is 1. The van der Waals surface area contributed by atoms with Crippen LogP contribution in [-0.4, -0.2) is 34.6 Å². The standard InChI is InChI=1S/C17H19ClN2O5S/c1-3-25-14-7-5-13(6-8-14)20-17(21)11-19-26(22,23)16-10-12(18)4-9-15(16)24-2/h4-10,19H,3,11H2,1-2H3,(H,20,21). The Morgan fingerprint density at radius 3 is 2.46 bits per heavy atom. The van der Waals surface area contributed by atoms with Crippen molar-refractivity contribution in [2.45, 2.75) is 11.8 Å². The Kier molecular flexibility index (Phi) is 6.84. The van der Waals surface area contributed by atoms with Gasteiger partial charge >= 0.3 is 0 Å². The molecular weight excluding hydrogens is 380 g/mol. The lowest BCUT2D eigenvalue weighted by molar-refractivity contribution is -0.115. The van der Waals surface area contributed by atoms with E-state index < -0.39 is 22.5 Å². The molecule has 0 atom stereocenters. The minimum Gasteiger partial charge on any atom is -0.495 e. The van der Waals surface area contributed by atoms with E-state index in [9.17, 15) is 13.2 Å². The Morgan fingerprint density at radius 1 is 1.15 bits per heavy atom. The second-order valence-corrected chi connectivity index (χ2v) is 7.30. The molecule has 0 spiro atoms. The van der Waals surface area contributed by atoms with Crippen molar-refractivity contribution in [3.63, 3.8) is 0 Å². The van der Waals surface area contributed by atoms with Crippen molar-refractivity contribution in [3.8, 4) is 11.5 Å². The van der Waals surface area contributed by atoms with E-state index in [1.54, 1.807) is 24.3 Å². The van der Waals surface area contributed by atoms with E-state index in [-0.39, 0.29) is 15.7 Å². The van der Waals surface area contributed by atoms with Gasteiger partial charge in [0.25, 0.3) is 0 Å². The van der Waals surface area contributed by atoms with E-state index in [2.05, 4.69) is 10.0 Å². The zero-order valence-corrected chi connectivity index (χ0v) is 15.9. The van der Waals surface area contributed by atoms with Crippen LogP contribution < -0.4 is 19.5 Å². The highest BCUT2D eigenvalue weighted by Gasteiger charge is 2.21. The van der Waals surface area contributed by atoms with E-state index in [0.29, 0.717) is 18.0 Å². The molecule has 0 heterocycles. The third kappa shape index (κ3) is 5.35. The molecule has 0 unspecified atom stereocenters. The molecule has 0 aromatic heterocycles. The minimum absolute atomic E-state index is 0.133. The van der Waals surface area contributed by atoms with Crippen LogP contribution in [0.2, 0.25) is 5.02 Å². The maximum Gasteiger partial charge on any atom is 0.244 e. The Balaban J connectivity index is 2.01. The fraction of sp³-hybridized carbons (Fsp3) is 0.235. The van der Waals surface area contributed by atoms with E-state index in [1.165, 1.54) is 25.3 Å². The molecule has 0 aliphatic carbocycles. The molecule has 0 aliphatic heterocycles. The highest BCUT2D eigenvalue weighted by molar-refractivity contribution is 7.89. The summed E-state index contributed by atoms with van der Waals surface area (Å²) in [6, 6.07) is 11.0. The van der Waals surface area contributed by atoms with Crippen LogP contribution in [0.3, 0.4) is 0 Å². The molecular formula is C17H19ClN2O5S. The number of ether oxygens (including phenoxy) is 2. The minimum atomic E-state index is -3.97. The molecule has 0 aliphatic rings. The summed E-state index contributed by atoms with van der Waals surface area (Å²) in [6.07, 6.45) is 0. The first-order valence-electron chi connectivity index (χ1n) is 7.71. The lowest BCUT2D eigenvalue weighted by Gasteiger charge is -2.11. The molecule has 2 N–H and O–H groups in total. The summed E-state index contributed by atoms with van der Waals surface area (Å²) in [5.41, 5.74) is 0.526. The molecule has 0 radical (unpaired) electrons. The van der Waals surface area contributed by atoms with Crippen molar-refractivity contribution in [3.05, 3.63) is 47.5 Å². The number of carbonyl (C=O) groups excluding carboxylic acids is 1. The van der Waals surface area contributed by atoms with Crippen LogP contribution >= 0.6 is 11.6 Å². The van der Waals surface area contributed by atoms with Crippen molar-refractivity contribution < 1.29 is 22.7 Å². The topological polar surface area (TPSA) is 93.7 Å². The Hall–Kier alpha value is -2.29. The van der Waals surface area contributed by atoms with Gasteiger partial charge in [-0.05, 0) is 49.4 Å². The number of benzene rings is 2. The average Bonchev–Trinajstić information content (AvgIpc) is 2.62. The van der Waals surface area contributed by atoms with Crippen molar-refractivity contribution >= 4 is 33.2 Å². The van der Waals surface area contributed by atoms with Crippen LogP contribution in [0.1, 0.15) is 6.92 Å². The molecule has 2 aromatic carbocycles. The van der Waals surface area contributed by atoms with Crippen LogP contribution in [0, 0.1) is 0 Å². The van der Waals surface area contributed by atoms with Crippen molar-refractivity contribution in [2.75, 3.05) is 25.6 Å². The first-order valence-corrected chi connectivity index (χ1v) is 9.57. The number of anilines is 1. The van der Waals surface area contributed by atoms with E-state index in [4.69, 9.17) is 21.1 Å². The van der Waals surface area contributed by atoms with Crippen LogP contribution in [0.15, 0.2) is 47.4 Å². The summed E-state index contributed by atoms with van der Waals surface area (Å²) in [6.45, 7) is 1.97. The van der Waals surface area contributed by atoms with E-state index >= 15 is 0 Å². The molecule has 0 saturated carbocycles. The van der Waals surface area contributed by atoms with Crippen molar-refractivity contribution in [1.82, 2.24) is 4.72 Å². The third-order valence-corrected chi connectivity index (χ3v) is 4.94. The van der Waals surface area contributed by atoms with Gasteiger partial charge in [-0.15, -0.1) is 0 Å². The lowest BCUT2D eigenvalue weighted by Crippen LogP contribution is -2.33. The Labute approximate surface area is 157 Å². The second-order valence-electron chi connectivity index (χ2n) is 5.13. The number of methoxy groups -OCH3 is 1. The molecule has 2 rings (SSSR count). The largest absolute Gasteiger partial charge is 0.495 e. The molecule has 2 aromatic rings. The fourth-order valence-corrected chi connectivity index (χ4v) is 3.52. The second kappa shape index (κ2) is 8.88. The SMILES string of the molecule is CCOc1ccc(NC(=O)CNS(=O)(=O)c2cc(Cl)ccc2OC)cc1. The highest BCUT2D eigenvalue weighted by atomic mass is 35.5. The normalized spacial score (nSPS) is 11.0. The van der Waals surface area contributed by atoms with Crippen LogP contribution in [0.5, 0.6) is 11.5 Å². The first kappa shape index (κ1) is 20.0. The van der Waals surface area contributed by atoms with Gasteiger partial charge in [0, 0.05) is 10.7 Å². The number of nitrogens with one attached hydrogen (secondary N) is 2. The van der Waals surface area contributed by atoms with Gasteiger partial charge < -0.3 is 14.8 Å². The summed E-state index contributed by atoms with van der Waals surface area (Å²) in [4.78, 5) is 11.9. The summed E-state index contributed by atoms with van der Waals surface area (Å²) in [5, 5.41) is 2.84. The lowest BCUT2D eigenvalue weighted by atomic mass is 10.3. The molecule has 9 heteroatoms. The van der Waals surface area contributed by atoms with Crippen molar-refractivity contribution in [2.24, 2.45) is 0 Å². The van der Waals surface area contributed by atoms with Gasteiger partial charge in [0.2, 0.25) is 15.9 Å². The maximum atomic E-state index is 12.4. The Morgan fingerprint density at radius 2 is 1.85 bits per heavy atom. The fourth-order valence-electron chi connectivity index (χ4n) is 2.11. The molecule has 0 fully saturated rings.